The van der Waals surface area contributed by atoms with Crippen LogP contribution in [0.3, 0.4) is 0 Å². The highest BCUT2D eigenvalue weighted by Gasteiger charge is 2.46. The first-order chi connectivity index (χ1) is 3.27. The summed E-state index contributed by atoms with van der Waals surface area (Å²) >= 11 is 0.0104. The lowest BCUT2D eigenvalue weighted by Gasteiger charge is -2.05. The molecule has 1 aliphatic carbocycles. The van der Waals surface area contributed by atoms with Crippen LogP contribution in [0.4, 0.5) is 4.39 Å². The molecule has 0 radical (unpaired) electrons. The van der Waals surface area contributed by atoms with Gasteiger partial charge in [-0.05, 0) is 0 Å². The minimum atomic E-state index is -1.56. The Kier molecular flexibility index (Phi) is 0.922. The van der Waals surface area contributed by atoms with E-state index in [-0.39, 0.29) is 18.1 Å². The van der Waals surface area contributed by atoms with Crippen LogP contribution in [0.2, 0.25) is 0 Å². The summed E-state index contributed by atoms with van der Waals surface area (Å²) in [5.41, 5.74) is 0. The molecule has 1 nitrogen and oxygen atoms in total. The molecule has 0 aromatic heterocycles. The first kappa shape index (κ1) is 4.84. The lowest BCUT2D eigenvalue weighted by molar-refractivity contribution is 0.326. The van der Waals surface area contributed by atoms with Gasteiger partial charge < -0.3 is 0 Å². The third kappa shape index (κ3) is 0.678. The summed E-state index contributed by atoms with van der Waals surface area (Å²) in [6.45, 7) is 0. The van der Waals surface area contributed by atoms with Crippen LogP contribution in [0, 0.1) is 0 Å². The fourth-order valence-electron chi connectivity index (χ4n) is 0.365. The van der Waals surface area contributed by atoms with E-state index in [1.165, 1.54) is 6.08 Å². The predicted molar refractivity (Wildman–Crippen MR) is 25.6 cm³/mol. The molecular formula is C4H4FOS+. The van der Waals surface area contributed by atoms with E-state index in [0.717, 1.165) is 0 Å². The Morgan fingerprint density at radius 2 is 2.43 bits per heavy atom. The molecule has 1 rings (SSSR count). The molecule has 0 bridgehead atoms. The molecule has 0 heterocycles. The van der Waals surface area contributed by atoms with E-state index in [1.807, 2.05) is 0 Å². The Hall–Kier alpha value is -0.310. The highest BCUT2D eigenvalue weighted by molar-refractivity contribution is 7.67. The van der Waals surface area contributed by atoms with E-state index in [2.05, 4.69) is 0 Å². The smallest absolute Gasteiger partial charge is 0.167 e. The Morgan fingerprint density at radius 1 is 1.86 bits per heavy atom. The van der Waals surface area contributed by atoms with Crippen LogP contribution in [-0.2, 0) is 15.9 Å². The molecule has 0 amide bonds. The van der Waals surface area contributed by atoms with Crippen molar-refractivity contribution in [1.82, 2.24) is 0 Å². The number of rotatable bonds is 1. The van der Waals surface area contributed by atoms with Crippen molar-refractivity contribution in [3.8, 4) is 0 Å². The molecule has 3 heteroatoms. The summed E-state index contributed by atoms with van der Waals surface area (Å²) in [6, 6.07) is 0. The van der Waals surface area contributed by atoms with E-state index in [9.17, 15) is 8.60 Å². The highest BCUT2D eigenvalue weighted by atomic mass is 32.1. The van der Waals surface area contributed by atoms with Gasteiger partial charge in [-0.1, -0.05) is 6.08 Å². The summed E-state index contributed by atoms with van der Waals surface area (Å²) in [5.74, 6) is 0. The van der Waals surface area contributed by atoms with Crippen molar-refractivity contribution < 1.29 is 8.60 Å². The van der Waals surface area contributed by atoms with E-state index < -0.39 is 5.00 Å². The maximum Gasteiger partial charge on any atom is 0.507 e. The van der Waals surface area contributed by atoms with E-state index >= 15 is 0 Å². The largest absolute Gasteiger partial charge is 0.507 e. The van der Waals surface area contributed by atoms with Crippen molar-refractivity contribution in [3.63, 3.8) is 0 Å². The average Bonchev–Trinajstić information content (AvgIpc) is 1.61. The summed E-state index contributed by atoms with van der Waals surface area (Å²) in [4.78, 5) is 0. The molecule has 38 valence electrons. The quantitative estimate of drug-likeness (QED) is 0.372. The Morgan fingerprint density at radius 3 is 2.43 bits per heavy atom. The van der Waals surface area contributed by atoms with Crippen LogP contribution < -0.4 is 0 Å². The lowest BCUT2D eigenvalue weighted by Crippen LogP contribution is -2.22. The number of halogens is 1. The van der Waals surface area contributed by atoms with Gasteiger partial charge in [-0.3, -0.25) is 0 Å². The third-order valence-electron chi connectivity index (χ3n) is 0.901. The minimum absolute atomic E-state index is 0.0104. The maximum atomic E-state index is 12.2. The van der Waals surface area contributed by atoms with Crippen molar-refractivity contribution in [2.45, 2.75) is 11.4 Å². The zero-order valence-electron chi connectivity index (χ0n) is 3.56. The molecule has 1 unspecified atom stereocenters. The summed E-state index contributed by atoms with van der Waals surface area (Å²) in [6.07, 6.45) is 3.21. The lowest BCUT2D eigenvalue weighted by atomic mass is 10.1. The Labute approximate surface area is 44.7 Å². The molecule has 7 heavy (non-hydrogen) atoms. The molecule has 0 aromatic rings. The molecule has 0 spiro atoms. The second-order valence-electron chi connectivity index (χ2n) is 1.48. The number of hydrogen-bond acceptors (Lipinski definition) is 1. The van der Waals surface area contributed by atoms with Crippen LogP contribution >= 0.6 is 0 Å². The molecule has 0 saturated heterocycles. The Bertz CT molecular complexity index is 123. The predicted octanol–water partition coefficient (Wildman–Crippen LogP) is 1.04. The van der Waals surface area contributed by atoms with Gasteiger partial charge in [-0.25, -0.2) is 0 Å². The Balaban J connectivity index is 2.64. The number of alkyl halides is 1. The standard InChI is InChI=1S/C4H4FOS/c5-4(7-6)2-1-3-4/h1-2H,3H2/q+1. The van der Waals surface area contributed by atoms with Gasteiger partial charge in [0.05, 0.1) is 6.42 Å². The van der Waals surface area contributed by atoms with Crippen LogP contribution in [0.15, 0.2) is 12.2 Å². The summed E-state index contributed by atoms with van der Waals surface area (Å²) in [7, 11) is 0. The zero-order valence-corrected chi connectivity index (χ0v) is 4.37. The fraction of sp³-hybridized carbons (Fsp3) is 0.500. The molecule has 1 atom stereocenters. The maximum absolute atomic E-state index is 12.2. The van der Waals surface area contributed by atoms with Crippen molar-refractivity contribution in [1.29, 1.82) is 0 Å². The first-order valence-corrected chi connectivity index (χ1v) is 2.69. The molecular weight excluding hydrogens is 115 g/mol. The van der Waals surface area contributed by atoms with Gasteiger partial charge in [0.25, 0.3) is 0 Å². The second-order valence-corrected chi connectivity index (χ2v) is 2.32. The molecule has 0 aliphatic heterocycles. The highest BCUT2D eigenvalue weighted by Crippen LogP contribution is 2.26. The van der Waals surface area contributed by atoms with Gasteiger partial charge in [-0.15, -0.1) is 0 Å². The normalized spacial score (nSPS) is 37.3. The van der Waals surface area contributed by atoms with Gasteiger partial charge in [-0.2, -0.15) is 4.39 Å². The fourth-order valence-corrected chi connectivity index (χ4v) is 0.681. The monoisotopic (exact) mass is 119 g/mol. The molecule has 0 aromatic carbocycles. The van der Waals surface area contributed by atoms with Crippen molar-refractivity contribution in [2.24, 2.45) is 0 Å². The second kappa shape index (κ2) is 1.33. The SMILES string of the molecule is O=[S+]C1(F)C=CC1. The van der Waals surface area contributed by atoms with Crippen LogP contribution in [-0.4, -0.2) is 5.00 Å². The number of hydrogen-bond donors (Lipinski definition) is 0. The van der Waals surface area contributed by atoms with Gasteiger partial charge in [0, 0.05) is 10.3 Å². The topological polar surface area (TPSA) is 17.1 Å². The van der Waals surface area contributed by atoms with Gasteiger partial charge in [0.1, 0.15) is 0 Å². The molecule has 1 aliphatic rings. The first-order valence-electron chi connectivity index (χ1n) is 1.94. The van der Waals surface area contributed by atoms with Gasteiger partial charge >= 0.3 is 16.7 Å². The van der Waals surface area contributed by atoms with E-state index in [1.54, 1.807) is 6.08 Å². The van der Waals surface area contributed by atoms with E-state index in [0.29, 0.717) is 0 Å². The molecule has 0 saturated carbocycles. The van der Waals surface area contributed by atoms with Crippen molar-refractivity contribution >= 4 is 11.7 Å². The van der Waals surface area contributed by atoms with Gasteiger partial charge in [0.2, 0.25) is 0 Å². The van der Waals surface area contributed by atoms with Crippen molar-refractivity contribution in [3.05, 3.63) is 12.2 Å². The summed E-state index contributed by atoms with van der Waals surface area (Å²) in [5, 5.41) is -1.56. The van der Waals surface area contributed by atoms with Crippen LogP contribution in [0.25, 0.3) is 0 Å². The van der Waals surface area contributed by atoms with Crippen molar-refractivity contribution in [2.75, 3.05) is 0 Å². The number of allylic oxidation sites excluding steroid dienone is 1. The summed E-state index contributed by atoms with van der Waals surface area (Å²) < 4.78 is 21.9. The van der Waals surface area contributed by atoms with E-state index in [4.69, 9.17) is 0 Å². The zero-order chi connectivity index (χ0) is 5.33. The third-order valence-corrected chi connectivity index (χ3v) is 1.48. The molecule has 0 fully saturated rings. The average molecular weight is 119 g/mol. The molecule has 0 N–H and O–H groups in total. The van der Waals surface area contributed by atoms with Crippen LogP contribution in [0.1, 0.15) is 6.42 Å². The van der Waals surface area contributed by atoms with Gasteiger partial charge in [0.15, 0.2) is 0 Å². The minimum Gasteiger partial charge on any atom is -0.167 e. The van der Waals surface area contributed by atoms with Crippen LogP contribution in [0.5, 0.6) is 0 Å².